The average Bonchev–Trinajstić information content (AvgIpc) is 2.76. The van der Waals surface area contributed by atoms with Crippen molar-refractivity contribution in [3.8, 4) is 0 Å². The van der Waals surface area contributed by atoms with Crippen LogP contribution in [0.2, 0.25) is 0 Å². The number of rotatable bonds is 4. The number of nitrogens with zero attached hydrogens (tertiary/aromatic N) is 3. The molecule has 6 heteroatoms. The van der Waals surface area contributed by atoms with Gasteiger partial charge in [0.2, 0.25) is 0 Å². The van der Waals surface area contributed by atoms with Crippen molar-refractivity contribution in [3.05, 3.63) is 34.0 Å². The van der Waals surface area contributed by atoms with E-state index >= 15 is 0 Å². The van der Waals surface area contributed by atoms with Crippen molar-refractivity contribution in [2.75, 3.05) is 18.5 Å². The molecular formula is C11H13BrN4S. The number of thiophene rings is 1. The number of nitrogens with two attached hydrogens (primary N) is 1. The zero-order chi connectivity index (χ0) is 12.3. The molecule has 2 aromatic heterocycles. The molecule has 2 heterocycles. The lowest BCUT2D eigenvalue weighted by atomic mass is 10.4. The van der Waals surface area contributed by atoms with Gasteiger partial charge < -0.3 is 10.6 Å². The lowest BCUT2D eigenvalue weighted by Crippen LogP contribution is -2.13. The summed E-state index contributed by atoms with van der Waals surface area (Å²) in [5.41, 5.74) is 5.50. The topological polar surface area (TPSA) is 55.0 Å². The first-order valence-corrected chi connectivity index (χ1v) is 6.82. The third-order valence-electron chi connectivity index (χ3n) is 2.29. The predicted octanol–water partition coefficient (Wildman–Crippen LogP) is 2.57. The Bertz CT molecular complexity index is 500. The van der Waals surface area contributed by atoms with E-state index in [-0.39, 0.29) is 0 Å². The van der Waals surface area contributed by atoms with Crippen LogP contribution in [0.5, 0.6) is 0 Å². The van der Waals surface area contributed by atoms with Crippen molar-refractivity contribution in [2.45, 2.75) is 6.42 Å². The molecule has 0 fully saturated rings. The van der Waals surface area contributed by atoms with Gasteiger partial charge in [0.25, 0.3) is 0 Å². The van der Waals surface area contributed by atoms with Gasteiger partial charge >= 0.3 is 0 Å². The Morgan fingerprint density at radius 1 is 1.41 bits per heavy atom. The Labute approximate surface area is 113 Å². The predicted molar refractivity (Wildman–Crippen MR) is 74.9 cm³/mol. The first-order chi connectivity index (χ1) is 8.20. The molecule has 2 N–H and O–H groups in total. The monoisotopic (exact) mass is 312 g/mol. The zero-order valence-corrected chi connectivity index (χ0v) is 11.8. The SMILES string of the molecule is CN(c1ccnc(CCN)n1)c1ccc(Br)s1. The molecule has 0 saturated heterocycles. The van der Waals surface area contributed by atoms with Crippen molar-refractivity contribution in [2.24, 2.45) is 5.73 Å². The molecule has 90 valence electrons. The smallest absolute Gasteiger partial charge is 0.137 e. The highest BCUT2D eigenvalue weighted by molar-refractivity contribution is 9.11. The first kappa shape index (κ1) is 12.5. The molecule has 0 unspecified atom stereocenters. The maximum Gasteiger partial charge on any atom is 0.137 e. The van der Waals surface area contributed by atoms with E-state index in [0.717, 1.165) is 20.4 Å². The highest BCUT2D eigenvalue weighted by atomic mass is 79.9. The molecule has 0 saturated carbocycles. The molecule has 0 aliphatic heterocycles. The molecule has 0 amide bonds. The Morgan fingerprint density at radius 2 is 2.24 bits per heavy atom. The van der Waals surface area contributed by atoms with Crippen LogP contribution in [0.4, 0.5) is 10.8 Å². The van der Waals surface area contributed by atoms with Gasteiger partial charge in [-0.3, -0.25) is 0 Å². The minimum atomic E-state index is 0.567. The normalized spacial score (nSPS) is 10.5. The van der Waals surface area contributed by atoms with E-state index in [1.807, 2.05) is 24.1 Å². The van der Waals surface area contributed by atoms with Crippen LogP contribution in [-0.4, -0.2) is 23.6 Å². The Balaban J connectivity index is 2.24. The van der Waals surface area contributed by atoms with Gasteiger partial charge in [-0.05, 0) is 40.7 Å². The van der Waals surface area contributed by atoms with E-state index in [9.17, 15) is 0 Å². The van der Waals surface area contributed by atoms with Crippen molar-refractivity contribution in [3.63, 3.8) is 0 Å². The summed E-state index contributed by atoms with van der Waals surface area (Å²) in [6.07, 6.45) is 2.47. The molecule has 2 aromatic rings. The maximum absolute atomic E-state index is 5.50. The molecule has 0 radical (unpaired) electrons. The molecular weight excluding hydrogens is 300 g/mol. The standard InChI is InChI=1S/C11H13BrN4S/c1-16(11-3-2-8(12)17-11)10-5-7-14-9(15-10)4-6-13/h2-3,5,7H,4,6,13H2,1H3. The first-order valence-electron chi connectivity index (χ1n) is 5.22. The quantitative estimate of drug-likeness (QED) is 0.942. The minimum Gasteiger partial charge on any atom is -0.330 e. The zero-order valence-electron chi connectivity index (χ0n) is 9.43. The Kier molecular flexibility index (Phi) is 4.09. The van der Waals surface area contributed by atoms with Crippen LogP contribution in [0.1, 0.15) is 5.82 Å². The average molecular weight is 313 g/mol. The van der Waals surface area contributed by atoms with Crippen LogP contribution in [-0.2, 0) is 6.42 Å². The third-order valence-corrected chi connectivity index (χ3v) is 3.99. The van der Waals surface area contributed by atoms with E-state index in [2.05, 4.69) is 32.0 Å². The molecule has 2 rings (SSSR count). The summed E-state index contributed by atoms with van der Waals surface area (Å²) in [5, 5.41) is 1.13. The Hall–Kier alpha value is -0.980. The van der Waals surface area contributed by atoms with Crippen molar-refractivity contribution in [1.82, 2.24) is 9.97 Å². The molecule has 0 aliphatic carbocycles. The fourth-order valence-corrected chi connectivity index (χ4v) is 2.75. The van der Waals surface area contributed by atoms with E-state index in [0.29, 0.717) is 13.0 Å². The van der Waals surface area contributed by atoms with E-state index in [1.54, 1.807) is 17.5 Å². The van der Waals surface area contributed by atoms with Crippen LogP contribution >= 0.6 is 27.3 Å². The van der Waals surface area contributed by atoms with Gasteiger partial charge in [-0.1, -0.05) is 0 Å². The fraction of sp³-hybridized carbons (Fsp3) is 0.273. The summed E-state index contributed by atoms with van der Waals surface area (Å²) in [6.45, 7) is 0.567. The molecule has 0 bridgehead atoms. The van der Waals surface area contributed by atoms with Crippen molar-refractivity contribution in [1.29, 1.82) is 0 Å². The van der Waals surface area contributed by atoms with Gasteiger partial charge in [0.05, 0.1) is 8.79 Å². The Morgan fingerprint density at radius 3 is 2.88 bits per heavy atom. The second kappa shape index (κ2) is 5.57. The number of anilines is 2. The van der Waals surface area contributed by atoms with E-state index in [4.69, 9.17) is 5.73 Å². The molecule has 17 heavy (non-hydrogen) atoms. The number of halogens is 1. The summed E-state index contributed by atoms with van der Waals surface area (Å²) in [7, 11) is 1.99. The van der Waals surface area contributed by atoms with Gasteiger partial charge in [0.1, 0.15) is 11.6 Å². The van der Waals surface area contributed by atoms with E-state index in [1.165, 1.54) is 0 Å². The molecule has 4 nitrogen and oxygen atoms in total. The number of aromatic nitrogens is 2. The number of hydrogen-bond donors (Lipinski definition) is 1. The number of hydrogen-bond acceptors (Lipinski definition) is 5. The lowest BCUT2D eigenvalue weighted by molar-refractivity contribution is 0.862. The van der Waals surface area contributed by atoms with Gasteiger partial charge in [-0.2, -0.15) is 0 Å². The van der Waals surface area contributed by atoms with Gasteiger partial charge in [0, 0.05) is 19.7 Å². The fourth-order valence-electron chi connectivity index (χ4n) is 1.42. The van der Waals surface area contributed by atoms with E-state index < -0.39 is 0 Å². The summed E-state index contributed by atoms with van der Waals surface area (Å²) in [4.78, 5) is 10.7. The van der Waals surface area contributed by atoms with Crippen LogP contribution < -0.4 is 10.6 Å². The van der Waals surface area contributed by atoms with Crippen molar-refractivity contribution < 1.29 is 0 Å². The summed E-state index contributed by atoms with van der Waals surface area (Å²) < 4.78 is 1.11. The molecule has 0 atom stereocenters. The lowest BCUT2D eigenvalue weighted by Gasteiger charge is -2.16. The molecule has 0 spiro atoms. The van der Waals surface area contributed by atoms with Crippen LogP contribution in [0.15, 0.2) is 28.2 Å². The maximum atomic E-state index is 5.50. The molecule has 0 aliphatic rings. The van der Waals surface area contributed by atoms with Crippen LogP contribution in [0.25, 0.3) is 0 Å². The third kappa shape index (κ3) is 3.02. The molecule has 0 aromatic carbocycles. The van der Waals surface area contributed by atoms with Gasteiger partial charge in [0.15, 0.2) is 0 Å². The second-order valence-corrected chi connectivity index (χ2v) is 5.95. The summed E-state index contributed by atoms with van der Waals surface area (Å²) >= 11 is 5.12. The van der Waals surface area contributed by atoms with Gasteiger partial charge in [-0.25, -0.2) is 9.97 Å². The highest BCUT2D eigenvalue weighted by Gasteiger charge is 2.08. The van der Waals surface area contributed by atoms with Crippen molar-refractivity contribution >= 4 is 38.1 Å². The summed E-state index contributed by atoms with van der Waals surface area (Å²) in [5.74, 6) is 1.67. The van der Waals surface area contributed by atoms with Crippen LogP contribution in [0, 0.1) is 0 Å². The van der Waals surface area contributed by atoms with Gasteiger partial charge in [-0.15, -0.1) is 11.3 Å². The minimum absolute atomic E-state index is 0.567. The second-order valence-electron chi connectivity index (χ2n) is 3.51. The summed E-state index contributed by atoms with van der Waals surface area (Å²) in [6, 6.07) is 5.98. The van der Waals surface area contributed by atoms with Crippen LogP contribution in [0.3, 0.4) is 0 Å². The largest absolute Gasteiger partial charge is 0.330 e. The highest BCUT2D eigenvalue weighted by Crippen LogP contribution is 2.32.